The Hall–Kier alpha value is -4.57. The van der Waals surface area contributed by atoms with Gasteiger partial charge in [-0.05, 0) is 68.2 Å². The summed E-state index contributed by atoms with van der Waals surface area (Å²) in [4.78, 5) is 19.1. The summed E-state index contributed by atoms with van der Waals surface area (Å²) in [7, 11) is 1.56. The molecule has 0 aliphatic carbocycles. The lowest BCUT2D eigenvalue weighted by molar-refractivity contribution is -0.120. The molecule has 0 atom stereocenters. The zero-order valence-corrected chi connectivity index (χ0v) is 23.3. The van der Waals surface area contributed by atoms with Crippen molar-refractivity contribution in [3.8, 4) is 23.0 Å². The Morgan fingerprint density at radius 1 is 1.00 bits per heavy atom. The number of carbonyl (C=O) groups is 1. The number of hydrazone groups is 1. The van der Waals surface area contributed by atoms with Crippen molar-refractivity contribution in [1.29, 1.82) is 0 Å². The average molecular weight is 575 g/mol. The molecule has 0 spiro atoms. The van der Waals surface area contributed by atoms with E-state index in [1.165, 1.54) is 43.3 Å². The number of likely N-dealkylation sites (tertiary alicyclic amines) is 1. The third kappa shape index (κ3) is 7.38. The maximum Gasteiger partial charge on any atom is 0.244 e. The van der Waals surface area contributed by atoms with E-state index < -0.39 is 17.5 Å². The van der Waals surface area contributed by atoms with Crippen LogP contribution < -0.4 is 19.6 Å². The van der Waals surface area contributed by atoms with E-state index in [9.17, 15) is 9.18 Å². The van der Waals surface area contributed by atoms with Crippen LogP contribution in [-0.4, -0.2) is 55.4 Å². The molecule has 1 saturated heterocycles. The van der Waals surface area contributed by atoms with Crippen LogP contribution in [0, 0.1) is 11.6 Å². The number of rotatable bonds is 12. The molecule has 1 fully saturated rings. The van der Waals surface area contributed by atoms with Gasteiger partial charge in [-0.15, -0.1) is 0 Å². The van der Waals surface area contributed by atoms with Crippen LogP contribution in [-0.2, 0) is 11.2 Å². The number of halogens is 2. The Morgan fingerprint density at radius 3 is 2.62 bits per heavy atom. The fourth-order valence-corrected chi connectivity index (χ4v) is 4.80. The second-order valence-corrected chi connectivity index (χ2v) is 9.94. The summed E-state index contributed by atoms with van der Waals surface area (Å²) < 4.78 is 46.2. The summed E-state index contributed by atoms with van der Waals surface area (Å²) in [6.45, 7) is 3.86. The van der Waals surface area contributed by atoms with Crippen molar-refractivity contribution in [2.24, 2.45) is 5.10 Å². The number of methoxy groups -OCH3 is 1. The number of nitrogens with zero attached hydrogens (tertiary/aromatic N) is 3. The number of fused-ring (bicyclic) bond motifs is 1. The zero-order chi connectivity index (χ0) is 29.3. The molecule has 0 unspecified atom stereocenters. The molecule has 1 aliphatic heterocycles. The largest absolute Gasteiger partial charge is 0.493 e. The van der Waals surface area contributed by atoms with Gasteiger partial charge in [0.25, 0.3) is 0 Å². The maximum absolute atomic E-state index is 15.0. The smallest absolute Gasteiger partial charge is 0.244 e. The Kier molecular flexibility index (Phi) is 9.55. The zero-order valence-electron chi connectivity index (χ0n) is 23.3. The van der Waals surface area contributed by atoms with E-state index in [0.29, 0.717) is 40.3 Å². The number of aromatic nitrogens is 1. The van der Waals surface area contributed by atoms with E-state index in [4.69, 9.17) is 14.2 Å². The molecule has 1 amide bonds. The summed E-state index contributed by atoms with van der Waals surface area (Å²) in [6.07, 6.45) is 6.10. The normalized spacial score (nSPS) is 13.5. The number of benzene rings is 3. The van der Waals surface area contributed by atoms with Gasteiger partial charge in [0.15, 0.2) is 23.1 Å². The van der Waals surface area contributed by atoms with Crippen LogP contribution in [0.4, 0.5) is 8.78 Å². The highest BCUT2D eigenvalue weighted by Gasteiger charge is 2.15. The minimum absolute atomic E-state index is 0.00885. The standard InChI is InChI=1S/C32H32F2N4O4/c1-40-30-19-24-27(20-31(30)41-16-6-15-38-13-4-5-14-38)35-12-11-28(24)42-29-10-9-22(17-26(29)34)18-32(39)37-36-21-23-7-2-3-8-25(23)33/h2-3,7-12,17,19-21H,4-6,13-16,18H2,1H3,(H,37,39)/b36-21+. The number of hydrogen-bond acceptors (Lipinski definition) is 7. The Bertz CT molecular complexity index is 1570. The molecule has 0 saturated carbocycles. The van der Waals surface area contributed by atoms with Gasteiger partial charge in [-0.2, -0.15) is 5.10 Å². The van der Waals surface area contributed by atoms with Crippen LogP contribution in [0.2, 0.25) is 0 Å². The Labute approximate surface area is 242 Å². The number of pyridine rings is 1. The molecule has 0 radical (unpaired) electrons. The van der Waals surface area contributed by atoms with Crippen LogP contribution in [0.15, 0.2) is 72.0 Å². The average Bonchev–Trinajstić information content (AvgIpc) is 3.51. The van der Waals surface area contributed by atoms with E-state index >= 15 is 4.39 Å². The summed E-state index contributed by atoms with van der Waals surface area (Å²) >= 11 is 0. The van der Waals surface area contributed by atoms with Crippen LogP contribution in [0.3, 0.4) is 0 Å². The number of nitrogens with one attached hydrogen (secondary N) is 1. The number of hydrogen-bond donors (Lipinski definition) is 1. The summed E-state index contributed by atoms with van der Waals surface area (Å²) in [6, 6.07) is 15.5. The van der Waals surface area contributed by atoms with E-state index in [1.807, 2.05) is 0 Å². The maximum atomic E-state index is 15.0. The molecule has 1 aromatic heterocycles. The first-order chi connectivity index (χ1) is 20.5. The number of carbonyl (C=O) groups excluding carboxylic acids is 1. The van der Waals surface area contributed by atoms with Crippen LogP contribution in [0.1, 0.15) is 30.4 Å². The quantitative estimate of drug-likeness (QED) is 0.129. The lowest BCUT2D eigenvalue weighted by Gasteiger charge is -2.16. The van der Waals surface area contributed by atoms with Gasteiger partial charge in [-0.3, -0.25) is 9.78 Å². The van der Waals surface area contributed by atoms with Crippen molar-refractivity contribution in [2.45, 2.75) is 25.7 Å². The Morgan fingerprint density at radius 2 is 1.83 bits per heavy atom. The molecule has 0 bridgehead atoms. The highest BCUT2D eigenvalue weighted by Crippen LogP contribution is 2.37. The highest BCUT2D eigenvalue weighted by molar-refractivity contribution is 5.88. The topological polar surface area (TPSA) is 85.3 Å². The van der Waals surface area contributed by atoms with Crippen LogP contribution in [0.25, 0.3) is 10.9 Å². The predicted molar refractivity (Wildman–Crippen MR) is 156 cm³/mol. The lowest BCUT2D eigenvalue weighted by atomic mass is 10.1. The van der Waals surface area contributed by atoms with Gasteiger partial charge in [-0.1, -0.05) is 24.3 Å². The van der Waals surface area contributed by atoms with Crippen molar-refractivity contribution in [3.63, 3.8) is 0 Å². The third-order valence-electron chi connectivity index (χ3n) is 6.94. The first-order valence-electron chi connectivity index (χ1n) is 13.8. The van der Waals surface area contributed by atoms with Crippen molar-refractivity contribution in [2.75, 3.05) is 33.4 Å². The minimum Gasteiger partial charge on any atom is -0.493 e. The molecule has 42 heavy (non-hydrogen) atoms. The molecule has 3 aromatic carbocycles. The second-order valence-electron chi connectivity index (χ2n) is 9.94. The summed E-state index contributed by atoms with van der Waals surface area (Å²) in [5.41, 5.74) is 3.60. The number of amides is 1. The van der Waals surface area contributed by atoms with Gasteiger partial charge in [-0.25, -0.2) is 14.2 Å². The molecule has 2 heterocycles. The van der Waals surface area contributed by atoms with E-state index in [-0.39, 0.29) is 17.7 Å². The summed E-state index contributed by atoms with van der Waals surface area (Å²) in [5, 5.41) is 4.40. The van der Waals surface area contributed by atoms with Crippen molar-refractivity contribution < 1.29 is 27.8 Å². The SMILES string of the molecule is COc1cc2c(Oc3ccc(CC(=O)N/N=C/c4ccccc4F)cc3F)ccnc2cc1OCCCN1CCCC1. The van der Waals surface area contributed by atoms with E-state index in [1.54, 1.807) is 49.7 Å². The van der Waals surface area contributed by atoms with Gasteiger partial charge in [0.2, 0.25) is 5.91 Å². The molecule has 5 rings (SSSR count). The molecule has 218 valence electrons. The predicted octanol–water partition coefficient (Wildman–Crippen LogP) is 5.87. The second kappa shape index (κ2) is 13.9. The monoisotopic (exact) mass is 574 g/mol. The molecule has 4 aromatic rings. The fraction of sp³-hybridized carbons (Fsp3) is 0.281. The van der Waals surface area contributed by atoms with Crippen LogP contribution >= 0.6 is 0 Å². The molecule has 1 N–H and O–H groups in total. The van der Waals surface area contributed by atoms with Crippen molar-refractivity contribution in [3.05, 3.63) is 89.6 Å². The summed E-state index contributed by atoms with van der Waals surface area (Å²) in [5.74, 6) is -0.0621. The lowest BCUT2D eigenvalue weighted by Crippen LogP contribution is -2.21. The fourth-order valence-electron chi connectivity index (χ4n) is 4.80. The highest BCUT2D eigenvalue weighted by atomic mass is 19.1. The molecule has 10 heteroatoms. The third-order valence-corrected chi connectivity index (χ3v) is 6.94. The Balaban J connectivity index is 1.22. The number of ether oxygens (including phenoxy) is 3. The van der Waals surface area contributed by atoms with Crippen molar-refractivity contribution in [1.82, 2.24) is 15.3 Å². The van der Waals surface area contributed by atoms with Gasteiger partial charge in [0.1, 0.15) is 11.6 Å². The van der Waals surface area contributed by atoms with Gasteiger partial charge in [0, 0.05) is 29.8 Å². The minimum atomic E-state index is -0.634. The van der Waals surface area contributed by atoms with Crippen molar-refractivity contribution >= 4 is 23.0 Å². The molecule has 1 aliphatic rings. The molecular formula is C32H32F2N4O4. The van der Waals surface area contributed by atoms with Gasteiger partial charge in [0.05, 0.1) is 31.9 Å². The van der Waals surface area contributed by atoms with E-state index in [2.05, 4.69) is 20.4 Å². The van der Waals surface area contributed by atoms with E-state index in [0.717, 1.165) is 26.1 Å². The van der Waals surface area contributed by atoms with Gasteiger partial charge < -0.3 is 19.1 Å². The van der Waals surface area contributed by atoms with Gasteiger partial charge >= 0.3 is 0 Å². The first-order valence-corrected chi connectivity index (χ1v) is 13.8. The first kappa shape index (κ1) is 28.9. The molecule has 8 nitrogen and oxygen atoms in total. The molecular weight excluding hydrogens is 542 g/mol. The van der Waals surface area contributed by atoms with Crippen LogP contribution in [0.5, 0.6) is 23.0 Å².